The highest BCUT2D eigenvalue weighted by Crippen LogP contribution is 2.27. The zero-order chi connectivity index (χ0) is 20.7. The van der Waals surface area contributed by atoms with Gasteiger partial charge in [-0.3, -0.25) is 9.55 Å². The molecule has 4 aromatic heterocycles. The van der Waals surface area contributed by atoms with Crippen molar-refractivity contribution in [2.75, 3.05) is 11.9 Å². The zero-order valence-corrected chi connectivity index (χ0v) is 15.6. The van der Waals surface area contributed by atoms with Gasteiger partial charge in [-0.1, -0.05) is 0 Å². The van der Waals surface area contributed by atoms with Crippen LogP contribution < -0.4 is 5.32 Å². The molecule has 0 unspecified atom stereocenters. The molecule has 0 spiro atoms. The van der Waals surface area contributed by atoms with Crippen LogP contribution in [0.2, 0.25) is 0 Å². The fourth-order valence-corrected chi connectivity index (χ4v) is 3.51. The highest BCUT2D eigenvalue weighted by atomic mass is 19.3. The summed E-state index contributed by atoms with van der Waals surface area (Å²) in [7, 11) is 0. The molecule has 4 aromatic rings. The van der Waals surface area contributed by atoms with Gasteiger partial charge in [0.25, 0.3) is 6.43 Å². The topological polar surface area (TPSA) is 73.5 Å². The molecule has 0 bridgehead atoms. The molecule has 0 amide bonds. The van der Waals surface area contributed by atoms with Crippen molar-refractivity contribution in [2.24, 2.45) is 0 Å². The molecule has 1 N–H and O–H groups in total. The number of alkyl halides is 2. The third-order valence-electron chi connectivity index (χ3n) is 4.86. The molecule has 10 heteroatoms. The first-order valence-corrected chi connectivity index (χ1v) is 9.30. The summed E-state index contributed by atoms with van der Waals surface area (Å²) in [5.41, 5.74) is 4.00. The van der Waals surface area contributed by atoms with Crippen LogP contribution >= 0.6 is 0 Å². The lowest BCUT2D eigenvalue weighted by atomic mass is 10.2. The molecular formula is C20H16F3N7. The number of halogens is 3. The molecule has 0 fully saturated rings. The van der Waals surface area contributed by atoms with Crippen molar-refractivity contribution in [3.05, 3.63) is 60.5 Å². The summed E-state index contributed by atoms with van der Waals surface area (Å²) >= 11 is 0. The van der Waals surface area contributed by atoms with E-state index in [1.807, 2.05) is 22.9 Å². The molecule has 0 saturated heterocycles. The Labute approximate surface area is 168 Å². The highest BCUT2D eigenvalue weighted by molar-refractivity contribution is 5.79. The van der Waals surface area contributed by atoms with Crippen molar-refractivity contribution >= 4 is 28.3 Å². The van der Waals surface area contributed by atoms with Crippen LogP contribution in [0.1, 0.15) is 6.42 Å². The van der Waals surface area contributed by atoms with E-state index in [0.717, 1.165) is 16.8 Å². The number of allylic oxidation sites excluding steroid dienone is 4. The minimum Gasteiger partial charge on any atom is -0.350 e. The molecule has 1 aliphatic rings. The summed E-state index contributed by atoms with van der Waals surface area (Å²) in [5, 5.41) is 2.67. The number of rotatable bonds is 6. The van der Waals surface area contributed by atoms with E-state index in [9.17, 15) is 13.2 Å². The third-order valence-corrected chi connectivity index (χ3v) is 4.86. The van der Waals surface area contributed by atoms with Crippen LogP contribution in [-0.2, 0) is 6.54 Å². The van der Waals surface area contributed by atoms with Gasteiger partial charge in [0.2, 0.25) is 5.95 Å². The Bertz CT molecular complexity index is 1300. The summed E-state index contributed by atoms with van der Waals surface area (Å²) < 4.78 is 42.6. The maximum Gasteiger partial charge on any atom is 0.255 e. The Morgan fingerprint density at radius 1 is 1.17 bits per heavy atom. The Kier molecular flexibility index (Phi) is 4.46. The lowest BCUT2D eigenvalue weighted by Crippen LogP contribution is -2.15. The van der Waals surface area contributed by atoms with Crippen LogP contribution in [0.3, 0.4) is 0 Å². The minimum atomic E-state index is -2.53. The van der Waals surface area contributed by atoms with Crippen LogP contribution in [0.15, 0.2) is 60.5 Å². The van der Waals surface area contributed by atoms with Crippen molar-refractivity contribution < 1.29 is 13.2 Å². The van der Waals surface area contributed by atoms with Gasteiger partial charge in [-0.2, -0.15) is 4.98 Å². The number of nitrogens with zero attached hydrogens (tertiary/aromatic N) is 6. The highest BCUT2D eigenvalue weighted by Gasteiger charge is 2.17. The zero-order valence-electron chi connectivity index (χ0n) is 15.6. The number of aromatic nitrogens is 6. The molecule has 0 atom stereocenters. The van der Waals surface area contributed by atoms with Crippen molar-refractivity contribution in [3.8, 4) is 5.69 Å². The van der Waals surface area contributed by atoms with Crippen LogP contribution in [0, 0.1) is 0 Å². The lowest BCUT2D eigenvalue weighted by molar-refractivity contribution is 0.163. The van der Waals surface area contributed by atoms with Gasteiger partial charge in [0.1, 0.15) is 11.3 Å². The average molecular weight is 411 g/mol. The number of hydrogen-bond acceptors (Lipinski definition) is 5. The normalized spacial score (nSPS) is 14.0. The first-order chi connectivity index (χ1) is 14.6. The van der Waals surface area contributed by atoms with E-state index in [4.69, 9.17) is 0 Å². The van der Waals surface area contributed by atoms with E-state index in [0.29, 0.717) is 29.8 Å². The van der Waals surface area contributed by atoms with E-state index in [1.165, 1.54) is 12.2 Å². The van der Waals surface area contributed by atoms with Crippen LogP contribution in [-0.4, -0.2) is 42.0 Å². The lowest BCUT2D eigenvalue weighted by Gasteiger charge is -2.12. The van der Waals surface area contributed by atoms with Gasteiger partial charge < -0.3 is 9.88 Å². The number of anilines is 1. The minimum absolute atomic E-state index is 0.264. The number of hydrogen-bond donors (Lipinski definition) is 1. The van der Waals surface area contributed by atoms with Crippen LogP contribution in [0.5, 0.6) is 0 Å². The average Bonchev–Trinajstić information content (AvgIpc) is 3.43. The second-order valence-electron chi connectivity index (χ2n) is 6.88. The third kappa shape index (κ3) is 3.30. The predicted molar refractivity (Wildman–Crippen MR) is 106 cm³/mol. The van der Waals surface area contributed by atoms with Gasteiger partial charge in [0, 0.05) is 25.1 Å². The molecule has 0 saturated carbocycles. The molecule has 7 nitrogen and oxygen atoms in total. The summed E-state index contributed by atoms with van der Waals surface area (Å²) in [6.45, 7) is -0.233. The monoisotopic (exact) mass is 411 g/mol. The van der Waals surface area contributed by atoms with Crippen molar-refractivity contribution in [1.82, 2.24) is 29.1 Å². The number of imidazole rings is 1. The van der Waals surface area contributed by atoms with Crippen molar-refractivity contribution in [1.29, 1.82) is 0 Å². The Morgan fingerprint density at radius 2 is 2.03 bits per heavy atom. The molecule has 0 aliphatic heterocycles. The fourth-order valence-electron chi connectivity index (χ4n) is 3.51. The van der Waals surface area contributed by atoms with E-state index in [1.54, 1.807) is 23.2 Å². The second kappa shape index (κ2) is 7.29. The number of nitrogens with one attached hydrogen (secondary N) is 1. The van der Waals surface area contributed by atoms with E-state index >= 15 is 0 Å². The SMILES string of the molecule is FC1=CCC(Cn2c(NCC(F)F)nc3ncc(-n4ccc5nccnc54)cc32)=C1. The van der Waals surface area contributed by atoms with E-state index < -0.39 is 13.0 Å². The van der Waals surface area contributed by atoms with Gasteiger partial charge in [0.15, 0.2) is 11.3 Å². The number of pyridine rings is 1. The smallest absolute Gasteiger partial charge is 0.255 e. The summed E-state index contributed by atoms with van der Waals surface area (Å²) in [4.78, 5) is 17.4. The van der Waals surface area contributed by atoms with Crippen molar-refractivity contribution in [2.45, 2.75) is 19.4 Å². The van der Waals surface area contributed by atoms with E-state index in [-0.39, 0.29) is 11.8 Å². The van der Waals surface area contributed by atoms with Gasteiger partial charge in [0.05, 0.1) is 23.9 Å². The Hall–Kier alpha value is -3.69. The molecule has 4 heterocycles. The molecule has 0 radical (unpaired) electrons. The first kappa shape index (κ1) is 18.3. The molecule has 30 heavy (non-hydrogen) atoms. The standard InChI is InChI=1S/C20H16F3N7/c21-13-2-1-12(7-13)11-30-16-8-14(29-6-3-15-19(29)25-5-4-24-15)9-26-18(16)28-20(30)27-10-17(22)23/h2-9,17H,1,10-11H2,(H,26,27,28). The van der Waals surface area contributed by atoms with Crippen LogP contribution in [0.25, 0.3) is 28.0 Å². The Morgan fingerprint density at radius 3 is 2.83 bits per heavy atom. The maximum absolute atomic E-state index is 13.5. The summed E-state index contributed by atoms with van der Waals surface area (Å²) in [5.74, 6) is -0.0342. The Balaban J connectivity index is 1.60. The van der Waals surface area contributed by atoms with Gasteiger partial charge in [-0.05, 0) is 36.3 Å². The van der Waals surface area contributed by atoms with Gasteiger partial charge in [-0.25, -0.2) is 23.1 Å². The van der Waals surface area contributed by atoms with Crippen molar-refractivity contribution in [3.63, 3.8) is 0 Å². The molecular weight excluding hydrogens is 395 g/mol. The summed E-state index contributed by atoms with van der Waals surface area (Å²) in [6.07, 6.45) is 7.57. The molecule has 5 rings (SSSR count). The van der Waals surface area contributed by atoms with E-state index in [2.05, 4.69) is 25.3 Å². The largest absolute Gasteiger partial charge is 0.350 e. The summed E-state index contributed by atoms with van der Waals surface area (Å²) in [6, 6.07) is 3.70. The fraction of sp³-hybridized carbons (Fsp3) is 0.200. The molecule has 1 aliphatic carbocycles. The quantitative estimate of drug-likeness (QED) is 0.519. The van der Waals surface area contributed by atoms with Crippen LogP contribution in [0.4, 0.5) is 19.1 Å². The second-order valence-corrected chi connectivity index (χ2v) is 6.88. The predicted octanol–water partition coefficient (Wildman–Crippen LogP) is 4.03. The molecule has 152 valence electrons. The number of fused-ring (bicyclic) bond motifs is 2. The first-order valence-electron chi connectivity index (χ1n) is 9.30. The maximum atomic E-state index is 13.5. The van der Waals surface area contributed by atoms with Gasteiger partial charge >= 0.3 is 0 Å². The molecule has 0 aromatic carbocycles. The van der Waals surface area contributed by atoms with Gasteiger partial charge in [-0.15, -0.1) is 0 Å².